The third-order valence-electron chi connectivity index (χ3n) is 3.39. The van der Waals surface area contributed by atoms with Gasteiger partial charge in [-0.3, -0.25) is 10.1 Å². The summed E-state index contributed by atoms with van der Waals surface area (Å²) in [5.41, 5.74) is 6.32. The second kappa shape index (κ2) is 6.23. The smallest absolute Gasteiger partial charge is 0.314 e. The fraction of sp³-hybridized carbons (Fsp3) is 0.538. The molecule has 0 aliphatic carbocycles. The van der Waals surface area contributed by atoms with Crippen molar-refractivity contribution in [1.29, 1.82) is 0 Å². The molecule has 0 saturated carbocycles. The maximum Gasteiger partial charge on any atom is 0.314 e. The Morgan fingerprint density at radius 1 is 1.39 bits per heavy atom. The Morgan fingerprint density at radius 2 is 2.00 bits per heavy atom. The van der Waals surface area contributed by atoms with Crippen LogP contribution in [-0.2, 0) is 0 Å². The van der Waals surface area contributed by atoms with E-state index in [-0.39, 0.29) is 17.4 Å². The molecule has 0 bridgehead atoms. The molecule has 0 saturated heterocycles. The van der Waals surface area contributed by atoms with Gasteiger partial charge in [-0.1, -0.05) is 32.8 Å². The molecule has 3 N–H and O–H groups in total. The molecule has 1 aromatic rings. The summed E-state index contributed by atoms with van der Waals surface area (Å²) >= 11 is 0. The standard InChI is InChI=1S/C13H21N3O2/c1-4-10(5-2)9(3)15-12-8-6-7-11(14)13(12)16(17)18/h6-10,15H,4-5,14H2,1-3H3. The van der Waals surface area contributed by atoms with E-state index in [1.165, 1.54) is 0 Å². The summed E-state index contributed by atoms with van der Waals surface area (Å²) in [5.74, 6) is 0.492. The van der Waals surface area contributed by atoms with Gasteiger partial charge in [-0.25, -0.2) is 0 Å². The van der Waals surface area contributed by atoms with Crippen molar-refractivity contribution in [3.63, 3.8) is 0 Å². The number of nitrogens with one attached hydrogen (secondary N) is 1. The molecule has 5 heteroatoms. The lowest BCUT2D eigenvalue weighted by atomic mass is 9.95. The van der Waals surface area contributed by atoms with Crippen molar-refractivity contribution in [3.8, 4) is 0 Å². The number of hydrogen-bond acceptors (Lipinski definition) is 4. The monoisotopic (exact) mass is 251 g/mol. The van der Waals surface area contributed by atoms with Gasteiger partial charge < -0.3 is 11.1 Å². The molecule has 0 amide bonds. The fourth-order valence-corrected chi connectivity index (χ4v) is 2.24. The molecule has 1 rings (SSSR count). The number of anilines is 2. The Morgan fingerprint density at radius 3 is 2.50 bits per heavy atom. The number of nitrogens with zero attached hydrogens (tertiary/aromatic N) is 1. The van der Waals surface area contributed by atoms with Crippen LogP contribution in [0, 0.1) is 16.0 Å². The lowest BCUT2D eigenvalue weighted by molar-refractivity contribution is -0.383. The van der Waals surface area contributed by atoms with Crippen molar-refractivity contribution in [2.45, 2.75) is 39.7 Å². The predicted octanol–water partition coefficient (Wildman–Crippen LogP) is 3.41. The van der Waals surface area contributed by atoms with E-state index >= 15 is 0 Å². The minimum atomic E-state index is -0.433. The quantitative estimate of drug-likeness (QED) is 0.461. The van der Waals surface area contributed by atoms with Crippen LogP contribution >= 0.6 is 0 Å². The Labute approximate surface area is 108 Å². The van der Waals surface area contributed by atoms with Gasteiger partial charge in [-0.05, 0) is 25.0 Å². The van der Waals surface area contributed by atoms with Gasteiger partial charge in [0.1, 0.15) is 11.4 Å². The molecule has 1 atom stereocenters. The van der Waals surface area contributed by atoms with Crippen molar-refractivity contribution in [2.24, 2.45) is 5.92 Å². The highest BCUT2D eigenvalue weighted by atomic mass is 16.6. The second-order valence-corrected chi connectivity index (χ2v) is 4.51. The molecule has 0 spiro atoms. The Bertz CT molecular complexity index is 417. The van der Waals surface area contributed by atoms with E-state index in [1.54, 1.807) is 18.2 Å². The zero-order valence-corrected chi connectivity index (χ0v) is 11.1. The lowest BCUT2D eigenvalue weighted by Crippen LogP contribution is -2.25. The molecule has 18 heavy (non-hydrogen) atoms. The maximum atomic E-state index is 11.0. The van der Waals surface area contributed by atoms with Crippen molar-refractivity contribution in [2.75, 3.05) is 11.1 Å². The van der Waals surface area contributed by atoms with Crippen LogP contribution in [0.4, 0.5) is 17.1 Å². The van der Waals surface area contributed by atoms with Crippen LogP contribution in [-0.4, -0.2) is 11.0 Å². The van der Waals surface area contributed by atoms with E-state index in [2.05, 4.69) is 19.2 Å². The van der Waals surface area contributed by atoms with Gasteiger partial charge in [0.15, 0.2) is 0 Å². The third kappa shape index (κ3) is 3.12. The SMILES string of the molecule is CCC(CC)C(C)Nc1cccc(N)c1[N+](=O)[O-]. The van der Waals surface area contributed by atoms with Crippen LogP contribution in [0.3, 0.4) is 0 Å². The summed E-state index contributed by atoms with van der Waals surface area (Å²) in [6.45, 7) is 6.30. The highest BCUT2D eigenvalue weighted by Gasteiger charge is 2.21. The van der Waals surface area contributed by atoms with Gasteiger partial charge in [0, 0.05) is 6.04 Å². The zero-order chi connectivity index (χ0) is 13.7. The molecule has 0 radical (unpaired) electrons. The Balaban J connectivity index is 2.97. The highest BCUT2D eigenvalue weighted by Crippen LogP contribution is 2.32. The number of nitro groups is 1. The van der Waals surface area contributed by atoms with E-state index in [4.69, 9.17) is 5.73 Å². The van der Waals surface area contributed by atoms with Crippen LogP contribution in [0.2, 0.25) is 0 Å². The molecule has 0 fully saturated rings. The minimum Gasteiger partial charge on any atom is -0.393 e. The maximum absolute atomic E-state index is 11.0. The van der Waals surface area contributed by atoms with Crippen LogP contribution in [0.5, 0.6) is 0 Å². The molecular weight excluding hydrogens is 230 g/mol. The summed E-state index contributed by atoms with van der Waals surface area (Å²) in [6, 6.07) is 5.16. The Kier molecular flexibility index (Phi) is 4.95. The average molecular weight is 251 g/mol. The average Bonchev–Trinajstić information content (AvgIpc) is 2.30. The number of nitrogen functional groups attached to an aromatic ring is 1. The molecule has 0 heterocycles. The number of para-hydroxylation sites is 1. The first-order chi connectivity index (χ1) is 8.51. The van der Waals surface area contributed by atoms with Gasteiger partial charge in [0.25, 0.3) is 0 Å². The highest BCUT2D eigenvalue weighted by molar-refractivity contribution is 5.74. The van der Waals surface area contributed by atoms with Gasteiger partial charge in [-0.15, -0.1) is 0 Å². The van der Waals surface area contributed by atoms with E-state index in [0.29, 0.717) is 11.6 Å². The van der Waals surface area contributed by atoms with Gasteiger partial charge >= 0.3 is 5.69 Å². The van der Waals surface area contributed by atoms with Crippen LogP contribution in [0.15, 0.2) is 18.2 Å². The largest absolute Gasteiger partial charge is 0.393 e. The normalized spacial score (nSPS) is 12.4. The minimum absolute atomic E-state index is 0.0321. The van der Waals surface area contributed by atoms with E-state index in [0.717, 1.165) is 12.8 Å². The summed E-state index contributed by atoms with van der Waals surface area (Å²) in [5, 5.41) is 14.2. The van der Waals surface area contributed by atoms with Crippen LogP contribution in [0.25, 0.3) is 0 Å². The molecule has 0 aliphatic heterocycles. The zero-order valence-electron chi connectivity index (χ0n) is 11.1. The first-order valence-electron chi connectivity index (χ1n) is 6.30. The van der Waals surface area contributed by atoms with Crippen molar-refractivity contribution >= 4 is 17.1 Å². The van der Waals surface area contributed by atoms with Gasteiger partial charge in [0.2, 0.25) is 0 Å². The Hall–Kier alpha value is -1.78. The van der Waals surface area contributed by atoms with E-state index in [1.807, 2.05) is 6.92 Å². The number of nitrogens with two attached hydrogens (primary N) is 1. The van der Waals surface area contributed by atoms with Crippen molar-refractivity contribution in [1.82, 2.24) is 0 Å². The van der Waals surface area contributed by atoms with Gasteiger partial charge in [-0.2, -0.15) is 0 Å². The third-order valence-corrected chi connectivity index (χ3v) is 3.39. The lowest BCUT2D eigenvalue weighted by Gasteiger charge is -2.23. The van der Waals surface area contributed by atoms with Crippen molar-refractivity contribution in [3.05, 3.63) is 28.3 Å². The predicted molar refractivity (Wildman–Crippen MR) is 74.7 cm³/mol. The molecule has 0 aromatic heterocycles. The summed E-state index contributed by atoms with van der Waals surface area (Å²) < 4.78 is 0. The number of rotatable bonds is 6. The second-order valence-electron chi connectivity index (χ2n) is 4.51. The molecule has 100 valence electrons. The molecular formula is C13H21N3O2. The van der Waals surface area contributed by atoms with Crippen LogP contribution in [0.1, 0.15) is 33.6 Å². The summed E-state index contributed by atoms with van der Waals surface area (Å²) in [4.78, 5) is 10.6. The van der Waals surface area contributed by atoms with E-state index < -0.39 is 4.92 Å². The van der Waals surface area contributed by atoms with E-state index in [9.17, 15) is 10.1 Å². The molecule has 1 unspecified atom stereocenters. The number of nitro benzene ring substituents is 1. The molecule has 0 aliphatic rings. The summed E-state index contributed by atoms with van der Waals surface area (Å²) in [6.07, 6.45) is 2.08. The van der Waals surface area contributed by atoms with Crippen LogP contribution < -0.4 is 11.1 Å². The summed E-state index contributed by atoms with van der Waals surface area (Å²) in [7, 11) is 0. The molecule has 1 aromatic carbocycles. The van der Waals surface area contributed by atoms with Gasteiger partial charge in [0.05, 0.1) is 4.92 Å². The topological polar surface area (TPSA) is 81.2 Å². The number of hydrogen-bond donors (Lipinski definition) is 2. The number of benzene rings is 1. The molecule has 5 nitrogen and oxygen atoms in total. The van der Waals surface area contributed by atoms with Crippen molar-refractivity contribution < 1.29 is 4.92 Å². The fourth-order valence-electron chi connectivity index (χ4n) is 2.24. The first kappa shape index (κ1) is 14.3. The first-order valence-corrected chi connectivity index (χ1v) is 6.30.